The summed E-state index contributed by atoms with van der Waals surface area (Å²) in [6.07, 6.45) is 5.12. The molecule has 3 atom stereocenters. The zero-order valence-corrected chi connectivity index (χ0v) is 18.2. The molecular formula is C22H29ClN4O3. The third-order valence-corrected chi connectivity index (χ3v) is 6.68. The number of fused-ring (bicyclic) bond motifs is 1. The molecule has 1 amide bonds. The maximum absolute atomic E-state index is 12.6. The molecule has 8 heteroatoms. The summed E-state index contributed by atoms with van der Waals surface area (Å²) >= 11 is 5.92. The summed E-state index contributed by atoms with van der Waals surface area (Å²) in [7, 11) is 1.66. The Bertz CT molecular complexity index is 844. The second kappa shape index (κ2) is 9.45. The van der Waals surface area contributed by atoms with E-state index >= 15 is 0 Å². The lowest BCUT2D eigenvalue weighted by molar-refractivity contribution is 0.0601. The molecule has 1 aromatic heterocycles. The number of hydrogen-bond donors (Lipinski definition) is 1. The molecule has 1 heterocycles. The van der Waals surface area contributed by atoms with Crippen LogP contribution in [0.2, 0.25) is 5.02 Å². The van der Waals surface area contributed by atoms with Crippen molar-refractivity contribution in [2.24, 2.45) is 17.8 Å². The van der Waals surface area contributed by atoms with Crippen LogP contribution in [0.4, 0.5) is 0 Å². The van der Waals surface area contributed by atoms with Crippen LogP contribution in [0, 0.1) is 17.8 Å². The Kier molecular flexibility index (Phi) is 6.71. The number of carbonyl (C=O) groups excluding carboxylic acids is 1. The van der Waals surface area contributed by atoms with E-state index in [9.17, 15) is 4.79 Å². The molecule has 7 nitrogen and oxygen atoms in total. The van der Waals surface area contributed by atoms with Crippen LogP contribution in [0.5, 0.6) is 0 Å². The first-order chi connectivity index (χ1) is 14.6. The van der Waals surface area contributed by atoms with Crippen LogP contribution in [-0.4, -0.2) is 47.3 Å². The molecule has 4 rings (SSSR count). The van der Waals surface area contributed by atoms with Crippen LogP contribution in [0.1, 0.15) is 48.3 Å². The molecule has 30 heavy (non-hydrogen) atoms. The number of rotatable bonds is 10. The minimum Gasteiger partial charge on any atom is -0.382 e. The van der Waals surface area contributed by atoms with Crippen molar-refractivity contribution < 1.29 is 14.3 Å². The Morgan fingerprint density at radius 2 is 2.00 bits per heavy atom. The SMILES string of the molecule is CCC(NC(=O)c1ccc(Cl)cc1)C1C2CC(n3cc(COCCOC)nn3)CC21. The maximum atomic E-state index is 12.6. The minimum absolute atomic E-state index is 0.0190. The van der Waals surface area contributed by atoms with Crippen LogP contribution in [0.3, 0.4) is 0 Å². The molecule has 0 spiro atoms. The zero-order chi connectivity index (χ0) is 21.1. The van der Waals surface area contributed by atoms with Crippen molar-refractivity contribution in [2.45, 2.75) is 44.9 Å². The molecule has 0 bridgehead atoms. The maximum Gasteiger partial charge on any atom is 0.251 e. The van der Waals surface area contributed by atoms with Crippen molar-refractivity contribution in [3.05, 3.63) is 46.7 Å². The lowest BCUT2D eigenvalue weighted by Gasteiger charge is -2.21. The van der Waals surface area contributed by atoms with Crippen LogP contribution in [-0.2, 0) is 16.1 Å². The first kappa shape index (κ1) is 21.3. The number of carbonyl (C=O) groups is 1. The molecule has 2 aliphatic rings. The number of ether oxygens (including phenoxy) is 2. The van der Waals surface area contributed by atoms with Gasteiger partial charge in [-0.25, -0.2) is 4.68 Å². The van der Waals surface area contributed by atoms with E-state index in [4.69, 9.17) is 21.1 Å². The third-order valence-electron chi connectivity index (χ3n) is 6.43. The number of methoxy groups -OCH3 is 1. The Morgan fingerprint density at radius 3 is 2.67 bits per heavy atom. The first-order valence-electron chi connectivity index (χ1n) is 10.6. The molecule has 2 aliphatic carbocycles. The van der Waals surface area contributed by atoms with Crippen molar-refractivity contribution in [2.75, 3.05) is 20.3 Å². The molecule has 1 N–H and O–H groups in total. The van der Waals surface area contributed by atoms with E-state index in [-0.39, 0.29) is 11.9 Å². The van der Waals surface area contributed by atoms with E-state index < -0.39 is 0 Å². The Hall–Kier alpha value is -1.96. The predicted molar refractivity (Wildman–Crippen MR) is 113 cm³/mol. The molecule has 2 fully saturated rings. The topological polar surface area (TPSA) is 78.3 Å². The van der Waals surface area contributed by atoms with Gasteiger partial charge in [-0.2, -0.15) is 0 Å². The van der Waals surface area contributed by atoms with E-state index in [0.717, 1.165) is 25.0 Å². The van der Waals surface area contributed by atoms with E-state index in [1.165, 1.54) is 0 Å². The Labute approximate surface area is 182 Å². The molecule has 0 aliphatic heterocycles. The second-order valence-electron chi connectivity index (χ2n) is 8.26. The quantitative estimate of drug-likeness (QED) is 0.581. The Balaban J connectivity index is 1.27. The van der Waals surface area contributed by atoms with Gasteiger partial charge in [0.25, 0.3) is 5.91 Å². The fourth-order valence-electron chi connectivity index (χ4n) is 4.88. The summed E-state index contributed by atoms with van der Waals surface area (Å²) in [6.45, 7) is 3.74. The summed E-state index contributed by atoms with van der Waals surface area (Å²) in [4.78, 5) is 12.6. The number of nitrogens with one attached hydrogen (secondary N) is 1. The molecule has 0 saturated heterocycles. The van der Waals surface area contributed by atoms with Gasteiger partial charge in [0.15, 0.2) is 0 Å². The fraction of sp³-hybridized carbons (Fsp3) is 0.591. The molecule has 3 unspecified atom stereocenters. The van der Waals surface area contributed by atoms with E-state index in [1.54, 1.807) is 31.4 Å². The highest BCUT2D eigenvalue weighted by Crippen LogP contribution is 2.62. The standard InChI is InChI=1S/C22H29ClN4O3/c1-3-20(24-22(28)14-4-6-15(23)7-5-14)21-18-10-17(11-19(18)21)27-12-16(25-26-27)13-30-9-8-29-2/h4-7,12,17-21H,3,8-11,13H2,1-2H3,(H,24,28). The number of hydrogen-bond acceptors (Lipinski definition) is 5. The molecule has 162 valence electrons. The number of aromatic nitrogens is 3. The molecule has 0 radical (unpaired) electrons. The number of nitrogens with zero attached hydrogens (tertiary/aromatic N) is 3. The molecular weight excluding hydrogens is 404 g/mol. The van der Waals surface area contributed by atoms with Crippen molar-refractivity contribution in [1.29, 1.82) is 0 Å². The highest BCUT2D eigenvalue weighted by Gasteiger charge is 2.59. The summed E-state index contributed by atoms with van der Waals surface area (Å²) in [5.74, 6) is 1.84. The van der Waals surface area contributed by atoms with Gasteiger partial charge in [-0.05, 0) is 61.3 Å². The largest absolute Gasteiger partial charge is 0.382 e. The molecule has 2 aromatic rings. The normalized spacial score (nSPS) is 25.7. The fourth-order valence-corrected chi connectivity index (χ4v) is 5.00. The van der Waals surface area contributed by atoms with Crippen molar-refractivity contribution in [3.63, 3.8) is 0 Å². The van der Waals surface area contributed by atoms with E-state index in [0.29, 0.717) is 54.2 Å². The number of amides is 1. The third kappa shape index (κ3) is 4.68. The zero-order valence-electron chi connectivity index (χ0n) is 17.5. The number of benzene rings is 1. The van der Waals surface area contributed by atoms with Gasteiger partial charge in [-0.1, -0.05) is 23.7 Å². The predicted octanol–water partition coefficient (Wildman–Crippen LogP) is 3.50. The van der Waals surface area contributed by atoms with Gasteiger partial charge in [0, 0.05) is 23.7 Å². The van der Waals surface area contributed by atoms with Crippen LogP contribution in [0.25, 0.3) is 0 Å². The van der Waals surface area contributed by atoms with Gasteiger partial charge in [-0.15, -0.1) is 5.10 Å². The highest BCUT2D eigenvalue weighted by molar-refractivity contribution is 6.30. The van der Waals surface area contributed by atoms with Crippen LogP contribution < -0.4 is 5.32 Å². The van der Waals surface area contributed by atoms with E-state index in [1.807, 2.05) is 10.9 Å². The summed E-state index contributed by atoms with van der Waals surface area (Å²) in [6, 6.07) is 7.65. The van der Waals surface area contributed by atoms with Gasteiger partial charge >= 0.3 is 0 Å². The lowest BCUT2D eigenvalue weighted by atomic mass is 9.99. The highest BCUT2D eigenvalue weighted by atomic mass is 35.5. The van der Waals surface area contributed by atoms with Crippen molar-refractivity contribution >= 4 is 17.5 Å². The van der Waals surface area contributed by atoms with Crippen molar-refractivity contribution in [3.8, 4) is 0 Å². The Morgan fingerprint density at radius 1 is 1.27 bits per heavy atom. The average molecular weight is 433 g/mol. The number of halogens is 1. The summed E-state index contributed by atoms with van der Waals surface area (Å²) in [5, 5.41) is 12.4. The van der Waals surface area contributed by atoms with Crippen LogP contribution in [0.15, 0.2) is 30.5 Å². The summed E-state index contributed by atoms with van der Waals surface area (Å²) in [5.41, 5.74) is 1.51. The van der Waals surface area contributed by atoms with Gasteiger partial charge < -0.3 is 14.8 Å². The van der Waals surface area contributed by atoms with Gasteiger partial charge in [0.1, 0.15) is 5.69 Å². The van der Waals surface area contributed by atoms with Gasteiger partial charge in [0.2, 0.25) is 0 Å². The molecule has 2 saturated carbocycles. The smallest absolute Gasteiger partial charge is 0.251 e. The monoisotopic (exact) mass is 432 g/mol. The lowest BCUT2D eigenvalue weighted by Crippen LogP contribution is -2.37. The van der Waals surface area contributed by atoms with Gasteiger partial charge in [0.05, 0.1) is 32.1 Å². The van der Waals surface area contributed by atoms with Crippen molar-refractivity contribution in [1.82, 2.24) is 20.3 Å². The van der Waals surface area contributed by atoms with E-state index in [2.05, 4.69) is 22.6 Å². The second-order valence-corrected chi connectivity index (χ2v) is 8.70. The van der Waals surface area contributed by atoms with Crippen LogP contribution >= 0.6 is 11.6 Å². The molecule has 1 aromatic carbocycles. The minimum atomic E-state index is -0.0190. The summed E-state index contributed by atoms with van der Waals surface area (Å²) < 4.78 is 12.5. The average Bonchev–Trinajstić information content (AvgIpc) is 3.11. The first-order valence-corrected chi connectivity index (χ1v) is 11.0. The van der Waals surface area contributed by atoms with Gasteiger partial charge in [-0.3, -0.25) is 4.79 Å².